The Kier molecular flexibility index (Phi) is 2.95. The van der Waals surface area contributed by atoms with E-state index in [1.165, 1.54) is 18.2 Å². The van der Waals surface area contributed by atoms with E-state index in [1.807, 2.05) is 0 Å². The first-order chi connectivity index (χ1) is 5.74. The van der Waals surface area contributed by atoms with Gasteiger partial charge in [-0.2, -0.15) is 0 Å². The highest BCUT2D eigenvalue weighted by atomic mass is 35.5. The van der Waals surface area contributed by atoms with E-state index in [0.717, 1.165) is 0 Å². The van der Waals surface area contributed by atoms with Gasteiger partial charge in [-0.05, 0) is 18.2 Å². The zero-order valence-electron chi connectivity index (χ0n) is 6.27. The Labute approximate surface area is 75.3 Å². The summed E-state index contributed by atoms with van der Waals surface area (Å²) in [6.45, 7) is 0. The van der Waals surface area contributed by atoms with Crippen molar-refractivity contribution in [3.63, 3.8) is 0 Å². The van der Waals surface area contributed by atoms with Crippen LogP contribution >= 0.6 is 11.6 Å². The highest BCUT2D eigenvalue weighted by Crippen LogP contribution is 2.11. The minimum absolute atomic E-state index is 0.218. The number of hydrogen-bond donors (Lipinski definition) is 1. The standard InChI is InChI=1S/C9H7ClFN/c10-5-1-2-7-6-8(11)3-4-9(7)12/h3-4,6H,5,12H2. The largest absolute Gasteiger partial charge is 0.398 e. The third kappa shape index (κ3) is 2.14. The number of benzene rings is 1. The number of halogens is 2. The van der Waals surface area contributed by atoms with E-state index in [-0.39, 0.29) is 11.7 Å². The predicted octanol–water partition coefficient (Wildman–Crippen LogP) is 2.00. The van der Waals surface area contributed by atoms with Gasteiger partial charge in [0.05, 0.1) is 11.4 Å². The molecule has 12 heavy (non-hydrogen) atoms. The predicted molar refractivity (Wildman–Crippen MR) is 48.4 cm³/mol. The maximum atomic E-state index is 12.6. The van der Waals surface area contributed by atoms with Crippen LogP contribution in [0.4, 0.5) is 10.1 Å². The number of anilines is 1. The van der Waals surface area contributed by atoms with Crippen molar-refractivity contribution >= 4 is 17.3 Å². The second-order valence-corrected chi connectivity index (χ2v) is 2.43. The molecular formula is C9H7ClFN. The molecule has 0 aliphatic heterocycles. The number of nitrogens with two attached hydrogens (primary N) is 1. The summed E-state index contributed by atoms with van der Waals surface area (Å²) in [4.78, 5) is 0. The number of nitrogen functional groups attached to an aromatic ring is 1. The van der Waals surface area contributed by atoms with E-state index < -0.39 is 0 Å². The molecule has 1 rings (SSSR count). The van der Waals surface area contributed by atoms with Crippen molar-refractivity contribution in [2.45, 2.75) is 0 Å². The van der Waals surface area contributed by atoms with Gasteiger partial charge in [0, 0.05) is 5.69 Å². The molecule has 0 aliphatic carbocycles. The number of alkyl halides is 1. The lowest BCUT2D eigenvalue weighted by molar-refractivity contribution is 0.627. The van der Waals surface area contributed by atoms with E-state index in [1.54, 1.807) is 0 Å². The van der Waals surface area contributed by atoms with Crippen LogP contribution in [0.25, 0.3) is 0 Å². The van der Waals surface area contributed by atoms with E-state index in [4.69, 9.17) is 17.3 Å². The zero-order valence-corrected chi connectivity index (χ0v) is 7.03. The minimum atomic E-state index is -0.344. The molecule has 1 aromatic rings. The first kappa shape index (κ1) is 8.89. The van der Waals surface area contributed by atoms with Gasteiger partial charge in [-0.15, -0.1) is 11.6 Å². The van der Waals surface area contributed by atoms with Crippen molar-refractivity contribution in [3.05, 3.63) is 29.6 Å². The Balaban J connectivity index is 3.05. The van der Waals surface area contributed by atoms with Crippen molar-refractivity contribution < 1.29 is 4.39 Å². The monoisotopic (exact) mass is 183 g/mol. The van der Waals surface area contributed by atoms with E-state index >= 15 is 0 Å². The number of hydrogen-bond acceptors (Lipinski definition) is 1. The Bertz CT molecular complexity index is 338. The van der Waals surface area contributed by atoms with Crippen molar-refractivity contribution in [1.29, 1.82) is 0 Å². The fourth-order valence-electron chi connectivity index (χ4n) is 0.765. The molecule has 0 aliphatic rings. The average molecular weight is 184 g/mol. The van der Waals surface area contributed by atoms with Crippen LogP contribution in [0.5, 0.6) is 0 Å². The molecule has 0 saturated carbocycles. The Hall–Kier alpha value is -1.20. The maximum Gasteiger partial charge on any atom is 0.124 e. The molecule has 0 saturated heterocycles. The van der Waals surface area contributed by atoms with E-state index in [9.17, 15) is 4.39 Å². The van der Waals surface area contributed by atoms with Crippen LogP contribution in [-0.4, -0.2) is 5.88 Å². The van der Waals surface area contributed by atoms with Gasteiger partial charge in [-0.3, -0.25) is 0 Å². The lowest BCUT2D eigenvalue weighted by atomic mass is 10.2. The summed E-state index contributed by atoms with van der Waals surface area (Å²) in [5.41, 5.74) is 6.47. The molecule has 0 heterocycles. The molecule has 0 radical (unpaired) electrons. The molecule has 3 heteroatoms. The number of rotatable bonds is 0. The molecule has 0 fully saturated rings. The van der Waals surface area contributed by atoms with Gasteiger partial charge in [0.15, 0.2) is 0 Å². The summed E-state index contributed by atoms with van der Waals surface area (Å²) in [7, 11) is 0. The summed E-state index contributed by atoms with van der Waals surface area (Å²) < 4.78 is 12.6. The SMILES string of the molecule is Nc1ccc(F)cc1C#CCCl. The molecule has 62 valence electrons. The molecular weight excluding hydrogens is 177 g/mol. The van der Waals surface area contributed by atoms with Crippen LogP contribution in [0.15, 0.2) is 18.2 Å². The van der Waals surface area contributed by atoms with Crippen LogP contribution < -0.4 is 5.73 Å². The molecule has 1 aromatic carbocycles. The highest BCUT2D eigenvalue weighted by molar-refractivity contribution is 6.19. The smallest absolute Gasteiger partial charge is 0.124 e. The topological polar surface area (TPSA) is 26.0 Å². The van der Waals surface area contributed by atoms with Gasteiger partial charge >= 0.3 is 0 Å². The van der Waals surface area contributed by atoms with Crippen LogP contribution in [0.1, 0.15) is 5.56 Å². The van der Waals surface area contributed by atoms with Gasteiger partial charge in [-0.25, -0.2) is 4.39 Å². The first-order valence-corrected chi connectivity index (χ1v) is 3.87. The molecule has 0 unspecified atom stereocenters. The molecule has 1 nitrogen and oxygen atoms in total. The molecule has 0 spiro atoms. The third-order valence-corrected chi connectivity index (χ3v) is 1.44. The molecule has 2 N–H and O–H groups in total. The summed E-state index contributed by atoms with van der Waals surface area (Å²) in [6, 6.07) is 4.06. The van der Waals surface area contributed by atoms with Gasteiger partial charge in [-0.1, -0.05) is 11.8 Å². The zero-order chi connectivity index (χ0) is 8.97. The van der Waals surface area contributed by atoms with Crippen molar-refractivity contribution in [3.8, 4) is 11.8 Å². The van der Waals surface area contributed by atoms with Gasteiger partial charge in [0.1, 0.15) is 5.82 Å². The van der Waals surface area contributed by atoms with Crippen LogP contribution in [0, 0.1) is 17.7 Å². The lowest BCUT2D eigenvalue weighted by Gasteiger charge is -1.96. The fraction of sp³-hybridized carbons (Fsp3) is 0.111. The maximum absolute atomic E-state index is 12.6. The molecule has 0 aromatic heterocycles. The minimum Gasteiger partial charge on any atom is -0.398 e. The quantitative estimate of drug-likeness (QED) is 0.372. The molecule has 0 amide bonds. The van der Waals surface area contributed by atoms with Crippen LogP contribution in [0.3, 0.4) is 0 Å². The lowest BCUT2D eigenvalue weighted by Crippen LogP contribution is -1.90. The highest BCUT2D eigenvalue weighted by Gasteiger charge is 1.96. The second-order valence-electron chi connectivity index (χ2n) is 2.17. The first-order valence-electron chi connectivity index (χ1n) is 3.34. The molecule has 0 bridgehead atoms. The Morgan fingerprint density at radius 1 is 1.50 bits per heavy atom. The average Bonchev–Trinajstić information content (AvgIpc) is 2.07. The third-order valence-electron chi connectivity index (χ3n) is 1.31. The van der Waals surface area contributed by atoms with E-state index in [2.05, 4.69) is 11.8 Å². The second kappa shape index (κ2) is 3.99. The van der Waals surface area contributed by atoms with Crippen molar-refractivity contribution in [2.75, 3.05) is 11.6 Å². The Morgan fingerprint density at radius 2 is 2.25 bits per heavy atom. The summed E-state index contributed by atoms with van der Waals surface area (Å²) in [5.74, 6) is 5.13. The molecule has 0 atom stereocenters. The van der Waals surface area contributed by atoms with Crippen molar-refractivity contribution in [1.82, 2.24) is 0 Å². The van der Waals surface area contributed by atoms with E-state index in [0.29, 0.717) is 11.3 Å². The Morgan fingerprint density at radius 3 is 2.92 bits per heavy atom. The summed E-state index contributed by atoms with van der Waals surface area (Å²) in [6.07, 6.45) is 0. The fourth-order valence-corrected chi connectivity index (χ4v) is 0.832. The van der Waals surface area contributed by atoms with Crippen molar-refractivity contribution in [2.24, 2.45) is 0 Å². The van der Waals surface area contributed by atoms with Gasteiger partial charge in [0.2, 0.25) is 0 Å². The summed E-state index contributed by atoms with van der Waals surface area (Å²) in [5, 5.41) is 0. The van der Waals surface area contributed by atoms with Gasteiger partial charge < -0.3 is 5.73 Å². The van der Waals surface area contributed by atoms with Crippen LogP contribution in [-0.2, 0) is 0 Å². The summed E-state index contributed by atoms with van der Waals surface area (Å²) >= 11 is 5.34. The van der Waals surface area contributed by atoms with Crippen LogP contribution in [0.2, 0.25) is 0 Å². The van der Waals surface area contributed by atoms with Gasteiger partial charge in [0.25, 0.3) is 0 Å². The normalized spacial score (nSPS) is 8.83.